The van der Waals surface area contributed by atoms with Gasteiger partial charge in [-0.2, -0.15) is 101 Å². The molecule has 0 amide bonds. The Bertz CT molecular complexity index is 954. The molecule has 0 aromatic rings. The van der Waals surface area contributed by atoms with Crippen LogP contribution in [-0.2, 0) is 0 Å². The lowest BCUT2D eigenvalue weighted by Gasteiger charge is -2.44. The van der Waals surface area contributed by atoms with Gasteiger partial charge < -0.3 is 0 Å². The molecule has 0 radical (unpaired) electrons. The van der Waals surface area contributed by atoms with Gasteiger partial charge in [0.2, 0.25) is 6.17 Å². The van der Waals surface area contributed by atoms with E-state index in [1.54, 1.807) is 0 Å². The van der Waals surface area contributed by atoms with Gasteiger partial charge in [-0.3, -0.25) is 0 Å². The first kappa shape index (κ1) is 36.6. The van der Waals surface area contributed by atoms with Crippen molar-refractivity contribution in [1.29, 1.82) is 0 Å². The van der Waals surface area contributed by atoms with E-state index in [2.05, 4.69) is 0 Å². The van der Waals surface area contributed by atoms with Gasteiger partial charge in [-0.05, 0) is 10.6 Å². The minimum absolute atomic E-state index is 0.516. The average Bonchev–Trinajstić information content (AvgIpc) is 2.70. The Morgan fingerprint density at radius 1 is 0.410 bits per heavy atom. The smallest absolute Gasteiger partial charge is 0.234 e. The first-order valence-electron chi connectivity index (χ1n) is 8.02. The van der Waals surface area contributed by atoms with Crippen LogP contribution in [0.15, 0.2) is 5.11 Å². The van der Waals surface area contributed by atoms with Crippen LogP contribution in [-0.4, -0.2) is 71.7 Å². The predicted molar refractivity (Wildman–Crippen MR) is 69.6 cm³/mol. The van der Waals surface area contributed by atoms with Crippen LogP contribution >= 0.6 is 0 Å². The third-order valence-corrected chi connectivity index (χ3v) is 4.35. The number of rotatable bonds is 11. The molecule has 0 saturated heterocycles. The van der Waals surface area contributed by atoms with Crippen molar-refractivity contribution in [3.63, 3.8) is 0 Å². The largest absolute Gasteiger partial charge is 0.460 e. The maximum absolute atomic E-state index is 13.5. The molecule has 0 aromatic heterocycles. The second-order valence-corrected chi connectivity index (χ2v) is 6.86. The van der Waals surface area contributed by atoms with E-state index in [1.807, 2.05) is 0 Å². The molecule has 3 nitrogen and oxygen atoms in total. The fourth-order valence-electron chi connectivity index (χ4n) is 2.04. The number of halogens is 24. The van der Waals surface area contributed by atoms with Crippen LogP contribution in [0.25, 0.3) is 10.4 Å². The molecule has 1 unspecified atom stereocenters. The van der Waals surface area contributed by atoms with Crippen LogP contribution in [0.1, 0.15) is 0 Å². The average molecular weight is 643 g/mol. The summed E-state index contributed by atoms with van der Waals surface area (Å²) in [7, 11) is 0. The van der Waals surface area contributed by atoms with Crippen molar-refractivity contribution in [2.75, 3.05) is 0 Å². The molecule has 0 aliphatic heterocycles. The quantitative estimate of drug-likeness (QED) is 0.0714. The number of hydrogen-bond acceptors (Lipinski definition) is 1. The molecular formula is C12HF24N3. The predicted octanol–water partition coefficient (Wildman–Crippen LogP) is 8.51. The van der Waals surface area contributed by atoms with Gasteiger partial charge in [-0.15, -0.1) is 0 Å². The highest BCUT2D eigenvalue weighted by Crippen LogP contribution is 2.65. The summed E-state index contributed by atoms with van der Waals surface area (Å²) in [5.74, 6) is -79.9. The SMILES string of the molecule is [N-]=[N+]=NC(F)(F)C(F)(F)C(F)(F)C(F)C(F)(F)C(F)(F)C(F)(F)C(F)(F)C(F)(F)C(F)(F)C(F)(F)C(F)(F)F. The lowest BCUT2D eigenvalue weighted by Crippen LogP contribution is -2.76. The number of alkyl halides is 24. The van der Waals surface area contributed by atoms with Gasteiger partial charge in [0.05, 0.1) is 0 Å². The molecule has 0 aliphatic carbocycles. The number of nitrogens with zero attached hydrogens (tertiary/aromatic N) is 3. The summed E-state index contributed by atoms with van der Waals surface area (Å²) in [6, 6.07) is -7.16. The van der Waals surface area contributed by atoms with Gasteiger partial charge in [-0.1, -0.05) is 0 Å². The maximum Gasteiger partial charge on any atom is 0.460 e. The lowest BCUT2D eigenvalue weighted by molar-refractivity contribution is -0.466. The van der Waals surface area contributed by atoms with Crippen molar-refractivity contribution < 1.29 is 105 Å². The van der Waals surface area contributed by atoms with E-state index >= 15 is 0 Å². The van der Waals surface area contributed by atoms with Crippen molar-refractivity contribution in [2.24, 2.45) is 5.11 Å². The minimum Gasteiger partial charge on any atom is -0.234 e. The lowest BCUT2D eigenvalue weighted by atomic mass is 9.86. The van der Waals surface area contributed by atoms with E-state index in [9.17, 15) is 105 Å². The summed E-state index contributed by atoms with van der Waals surface area (Å²) in [6.07, 6.45) is -15.5. The summed E-state index contributed by atoms with van der Waals surface area (Å²) < 4.78 is 313. The third kappa shape index (κ3) is 4.50. The van der Waals surface area contributed by atoms with Crippen LogP contribution in [0.2, 0.25) is 0 Å². The Balaban J connectivity index is 7.14. The van der Waals surface area contributed by atoms with Gasteiger partial charge >= 0.3 is 65.5 Å². The highest BCUT2D eigenvalue weighted by Gasteiger charge is 2.96. The molecule has 1 atom stereocenters. The van der Waals surface area contributed by atoms with Crippen molar-refractivity contribution in [3.8, 4) is 0 Å². The van der Waals surface area contributed by atoms with E-state index < -0.39 is 71.7 Å². The van der Waals surface area contributed by atoms with E-state index in [1.165, 1.54) is 0 Å². The molecule has 0 aromatic carbocycles. The maximum atomic E-state index is 13.5. The zero-order valence-electron chi connectivity index (χ0n) is 16.5. The first-order chi connectivity index (χ1) is 16.5. The summed E-state index contributed by atoms with van der Waals surface area (Å²) in [5, 5.41) is 0.516. The summed E-state index contributed by atoms with van der Waals surface area (Å²) >= 11 is 0. The van der Waals surface area contributed by atoms with Crippen LogP contribution in [0.4, 0.5) is 105 Å². The van der Waals surface area contributed by atoms with Gasteiger partial charge in [0, 0.05) is 4.91 Å². The Kier molecular flexibility index (Phi) is 8.52. The molecule has 27 heteroatoms. The Labute approximate surface area is 194 Å². The summed E-state index contributed by atoms with van der Waals surface area (Å²) in [4.78, 5) is 0.705. The van der Waals surface area contributed by atoms with Gasteiger partial charge in [-0.25, -0.2) is 4.39 Å². The molecule has 0 spiro atoms. The molecule has 0 fully saturated rings. The van der Waals surface area contributed by atoms with Crippen LogP contribution < -0.4 is 0 Å². The van der Waals surface area contributed by atoms with Crippen molar-refractivity contribution >= 4 is 0 Å². The fourth-order valence-corrected chi connectivity index (χ4v) is 2.04. The zero-order chi connectivity index (χ0) is 32.5. The van der Waals surface area contributed by atoms with E-state index in [-0.39, 0.29) is 0 Å². The zero-order valence-corrected chi connectivity index (χ0v) is 16.5. The van der Waals surface area contributed by atoms with Crippen molar-refractivity contribution in [1.82, 2.24) is 0 Å². The number of azide groups is 1. The molecule has 0 saturated carbocycles. The van der Waals surface area contributed by atoms with Crippen molar-refractivity contribution in [2.45, 2.75) is 71.7 Å². The standard InChI is InChI=1S/C12HF24N3/c13-1(3(16,17)5(20,21)12(35,36)38-39-37)2(14,15)4(18,19)6(22,23)7(24,25)8(26,27)9(28,29)10(30,31)11(32,33)34/h1H. The Morgan fingerprint density at radius 2 is 0.667 bits per heavy atom. The Morgan fingerprint density at radius 3 is 0.949 bits per heavy atom. The summed E-state index contributed by atoms with van der Waals surface area (Å²) in [6.45, 7) is 0. The van der Waals surface area contributed by atoms with E-state index in [0.717, 1.165) is 0 Å². The highest BCUT2D eigenvalue weighted by molar-refractivity contribution is 5.17. The van der Waals surface area contributed by atoms with Gasteiger partial charge in [0.1, 0.15) is 0 Å². The molecule has 39 heavy (non-hydrogen) atoms. The monoisotopic (exact) mass is 643 g/mol. The van der Waals surface area contributed by atoms with Crippen molar-refractivity contribution in [3.05, 3.63) is 10.4 Å². The van der Waals surface area contributed by atoms with Gasteiger partial charge in [0.15, 0.2) is 0 Å². The topological polar surface area (TPSA) is 48.8 Å². The molecular weight excluding hydrogens is 642 g/mol. The summed E-state index contributed by atoms with van der Waals surface area (Å²) in [5.41, 5.74) is 7.50. The molecule has 0 rings (SSSR count). The van der Waals surface area contributed by atoms with E-state index in [0.29, 0.717) is 10.0 Å². The Hall–Kier alpha value is -2.37. The molecule has 0 N–H and O–H groups in total. The third-order valence-electron chi connectivity index (χ3n) is 4.35. The van der Waals surface area contributed by atoms with E-state index in [4.69, 9.17) is 5.53 Å². The molecule has 232 valence electrons. The fraction of sp³-hybridized carbons (Fsp3) is 1.00. The normalized spacial score (nSPS) is 17.1. The van der Waals surface area contributed by atoms with Gasteiger partial charge in [0.25, 0.3) is 0 Å². The molecule has 0 bridgehead atoms. The minimum atomic E-state index is -9.38. The molecule has 0 aliphatic rings. The number of hydrogen-bond donors (Lipinski definition) is 0. The highest BCUT2D eigenvalue weighted by atomic mass is 19.4. The van der Waals surface area contributed by atoms with Crippen LogP contribution in [0.5, 0.6) is 0 Å². The molecule has 0 heterocycles. The second-order valence-electron chi connectivity index (χ2n) is 6.86. The van der Waals surface area contributed by atoms with Crippen LogP contribution in [0, 0.1) is 0 Å². The van der Waals surface area contributed by atoms with Crippen LogP contribution in [0.3, 0.4) is 0 Å². The first-order valence-corrected chi connectivity index (χ1v) is 8.02. The second kappa shape index (κ2) is 9.07.